The number of nitrogens with one attached hydrogen (secondary N) is 2. The third-order valence-corrected chi connectivity index (χ3v) is 4.77. The van der Waals surface area contributed by atoms with Crippen molar-refractivity contribution in [3.63, 3.8) is 0 Å². The van der Waals surface area contributed by atoms with Gasteiger partial charge in [-0.1, -0.05) is 23.7 Å². The molecular weight excluding hydrogens is 332 g/mol. The molecular formula is C17H19ClN2O4. The van der Waals surface area contributed by atoms with Crippen LogP contribution in [0.4, 0.5) is 0 Å². The molecule has 1 aliphatic carbocycles. The lowest BCUT2D eigenvalue weighted by atomic mass is 9.66. The predicted molar refractivity (Wildman–Crippen MR) is 89.2 cm³/mol. The Bertz CT molecular complexity index is 807. The maximum Gasteiger partial charge on any atom is 0.312 e. The van der Waals surface area contributed by atoms with E-state index < -0.39 is 23.4 Å². The highest BCUT2D eigenvalue weighted by atomic mass is 35.5. The molecule has 1 heterocycles. The fraction of sp³-hybridized carbons (Fsp3) is 0.412. The van der Waals surface area contributed by atoms with E-state index in [2.05, 4.69) is 10.2 Å². The molecule has 0 saturated carbocycles. The molecule has 0 bridgehead atoms. The number of ether oxygens (including phenoxy) is 1. The van der Waals surface area contributed by atoms with Crippen LogP contribution < -0.4 is 5.56 Å². The molecule has 7 heteroatoms. The molecule has 0 saturated heterocycles. The van der Waals surface area contributed by atoms with E-state index in [1.54, 1.807) is 38.1 Å². The highest BCUT2D eigenvalue weighted by Crippen LogP contribution is 2.44. The lowest BCUT2D eigenvalue weighted by molar-refractivity contribution is -0.159. The number of carbonyl (C=O) groups is 1. The molecule has 0 radical (unpaired) electrons. The first-order valence-electron chi connectivity index (χ1n) is 7.79. The van der Waals surface area contributed by atoms with Crippen LogP contribution in [0.1, 0.15) is 36.6 Å². The van der Waals surface area contributed by atoms with Gasteiger partial charge in [-0.3, -0.25) is 14.7 Å². The summed E-state index contributed by atoms with van der Waals surface area (Å²) in [4.78, 5) is 24.9. The van der Waals surface area contributed by atoms with E-state index in [0.717, 1.165) is 5.56 Å². The van der Waals surface area contributed by atoms with Crippen molar-refractivity contribution in [3.8, 4) is 0 Å². The first-order chi connectivity index (χ1) is 11.3. The van der Waals surface area contributed by atoms with Gasteiger partial charge in [-0.25, -0.2) is 0 Å². The van der Waals surface area contributed by atoms with Gasteiger partial charge in [-0.15, -0.1) is 0 Å². The molecule has 3 N–H and O–H groups in total. The summed E-state index contributed by atoms with van der Waals surface area (Å²) in [5, 5.41) is 16.8. The van der Waals surface area contributed by atoms with Crippen LogP contribution in [-0.2, 0) is 16.0 Å². The maximum absolute atomic E-state index is 12.6. The summed E-state index contributed by atoms with van der Waals surface area (Å²) in [6, 6.07) is 6.92. The Balaban J connectivity index is 2.20. The summed E-state index contributed by atoms with van der Waals surface area (Å²) < 4.78 is 5.18. The van der Waals surface area contributed by atoms with Crippen molar-refractivity contribution in [2.24, 2.45) is 5.92 Å². The minimum absolute atomic E-state index is 0.161. The molecule has 128 valence electrons. The SMILES string of the molecule is CCOC(=O)[C@@H]1[C@@H](c2ccc(Cl)cc2)c2c([nH][nH]c2=O)C[C@@]1(C)O. The number of fused-ring (bicyclic) bond motifs is 1. The summed E-state index contributed by atoms with van der Waals surface area (Å²) in [7, 11) is 0. The van der Waals surface area contributed by atoms with Crippen molar-refractivity contribution in [1.82, 2.24) is 10.2 Å². The minimum Gasteiger partial charge on any atom is -0.466 e. The van der Waals surface area contributed by atoms with Gasteiger partial charge in [0.15, 0.2) is 0 Å². The highest BCUT2D eigenvalue weighted by molar-refractivity contribution is 6.30. The molecule has 0 spiro atoms. The second-order valence-electron chi connectivity index (χ2n) is 6.26. The molecule has 3 atom stereocenters. The number of carbonyl (C=O) groups excluding carboxylic acids is 1. The van der Waals surface area contributed by atoms with Crippen molar-refractivity contribution >= 4 is 17.6 Å². The van der Waals surface area contributed by atoms with E-state index >= 15 is 0 Å². The highest BCUT2D eigenvalue weighted by Gasteiger charge is 2.51. The first-order valence-corrected chi connectivity index (χ1v) is 8.17. The van der Waals surface area contributed by atoms with Crippen molar-refractivity contribution < 1.29 is 14.6 Å². The van der Waals surface area contributed by atoms with Crippen LogP contribution in [0, 0.1) is 5.92 Å². The Morgan fingerprint density at radius 1 is 1.38 bits per heavy atom. The Morgan fingerprint density at radius 2 is 2.04 bits per heavy atom. The molecule has 1 aliphatic rings. The molecule has 0 fully saturated rings. The predicted octanol–water partition coefficient (Wildman–Crippen LogP) is 1.97. The van der Waals surface area contributed by atoms with E-state index in [9.17, 15) is 14.7 Å². The summed E-state index contributed by atoms with van der Waals surface area (Å²) in [5.41, 5.74) is 0.139. The molecule has 0 unspecified atom stereocenters. The molecule has 0 aliphatic heterocycles. The molecule has 24 heavy (non-hydrogen) atoms. The largest absolute Gasteiger partial charge is 0.466 e. The van der Waals surface area contributed by atoms with Gasteiger partial charge < -0.3 is 14.9 Å². The summed E-state index contributed by atoms with van der Waals surface area (Å²) in [6.45, 7) is 3.50. The van der Waals surface area contributed by atoms with Gasteiger partial charge in [-0.05, 0) is 31.5 Å². The fourth-order valence-electron chi connectivity index (χ4n) is 3.52. The van der Waals surface area contributed by atoms with Crippen molar-refractivity contribution in [3.05, 3.63) is 56.5 Å². The van der Waals surface area contributed by atoms with Gasteiger partial charge in [0.2, 0.25) is 0 Å². The third kappa shape index (κ3) is 2.76. The number of halogens is 1. The lowest BCUT2D eigenvalue weighted by Crippen LogP contribution is -2.50. The number of hydrogen-bond donors (Lipinski definition) is 3. The number of aromatic amines is 2. The van der Waals surface area contributed by atoms with Crippen LogP contribution >= 0.6 is 11.6 Å². The van der Waals surface area contributed by atoms with Crippen LogP contribution in [-0.4, -0.2) is 33.5 Å². The van der Waals surface area contributed by atoms with Gasteiger partial charge in [0, 0.05) is 28.6 Å². The Labute approximate surface area is 143 Å². The van der Waals surface area contributed by atoms with Crippen molar-refractivity contribution in [1.29, 1.82) is 0 Å². The number of H-pyrrole nitrogens is 2. The van der Waals surface area contributed by atoms with Gasteiger partial charge in [0.1, 0.15) is 0 Å². The first kappa shape index (κ1) is 16.8. The zero-order valence-electron chi connectivity index (χ0n) is 13.4. The Hall–Kier alpha value is -2.05. The van der Waals surface area contributed by atoms with Crippen molar-refractivity contribution in [2.75, 3.05) is 6.61 Å². The topological polar surface area (TPSA) is 95.2 Å². The van der Waals surface area contributed by atoms with Crippen LogP contribution in [0.2, 0.25) is 5.02 Å². The van der Waals surface area contributed by atoms with E-state index in [1.165, 1.54) is 0 Å². The Kier molecular flexibility index (Phi) is 4.27. The number of hydrogen-bond acceptors (Lipinski definition) is 4. The monoisotopic (exact) mass is 350 g/mol. The second kappa shape index (κ2) is 6.11. The molecule has 1 aromatic heterocycles. The van der Waals surface area contributed by atoms with E-state index in [1.807, 2.05) is 0 Å². The number of aromatic nitrogens is 2. The van der Waals surface area contributed by atoms with Gasteiger partial charge in [0.05, 0.1) is 18.1 Å². The summed E-state index contributed by atoms with van der Waals surface area (Å²) >= 11 is 5.95. The smallest absolute Gasteiger partial charge is 0.312 e. The fourth-order valence-corrected chi connectivity index (χ4v) is 3.64. The van der Waals surface area contributed by atoms with Crippen LogP contribution in [0.15, 0.2) is 29.1 Å². The molecule has 3 rings (SSSR count). The van der Waals surface area contributed by atoms with Gasteiger partial charge in [-0.2, -0.15) is 0 Å². The quantitative estimate of drug-likeness (QED) is 0.737. The number of aliphatic hydroxyl groups is 1. The lowest BCUT2D eigenvalue weighted by Gasteiger charge is -2.40. The number of benzene rings is 1. The summed E-state index contributed by atoms with van der Waals surface area (Å²) in [6.07, 6.45) is 0.161. The van der Waals surface area contributed by atoms with Gasteiger partial charge >= 0.3 is 5.97 Å². The zero-order valence-corrected chi connectivity index (χ0v) is 14.2. The van der Waals surface area contributed by atoms with E-state index in [-0.39, 0.29) is 18.6 Å². The third-order valence-electron chi connectivity index (χ3n) is 4.52. The van der Waals surface area contributed by atoms with Crippen molar-refractivity contribution in [2.45, 2.75) is 31.8 Å². The van der Waals surface area contributed by atoms with E-state index in [0.29, 0.717) is 16.3 Å². The normalized spacial score (nSPS) is 26.0. The number of esters is 1. The van der Waals surface area contributed by atoms with Crippen LogP contribution in [0.3, 0.4) is 0 Å². The van der Waals surface area contributed by atoms with Crippen LogP contribution in [0.25, 0.3) is 0 Å². The zero-order chi connectivity index (χ0) is 17.5. The molecule has 0 amide bonds. The maximum atomic E-state index is 12.6. The molecule has 6 nitrogen and oxygen atoms in total. The van der Waals surface area contributed by atoms with Gasteiger partial charge in [0.25, 0.3) is 5.56 Å². The minimum atomic E-state index is -1.35. The Morgan fingerprint density at radius 3 is 2.67 bits per heavy atom. The average Bonchev–Trinajstić information content (AvgIpc) is 2.86. The van der Waals surface area contributed by atoms with E-state index in [4.69, 9.17) is 16.3 Å². The van der Waals surface area contributed by atoms with Crippen LogP contribution in [0.5, 0.6) is 0 Å². The second-order valence-corrected chi connectivity index (χ2v) is 6.70. The standard InChI is InChI=1S/C17H19ClN2O4/c1-3-24-16(22)14-12(9-4-6-10(18)7-5-9)13-11(8-17(14,2)23)19-20-15(13)21/h4-7,12,14,23H,3,8H2,1-2H3,(H2,19,20,21)/t12-,14-,17+/m0/s1. The molecule has 2 aromatic rings. The number of rotatable bonds is 3. The molecule has 1 aromatic carbocycles. The summed E-state index contributed by atoms with van der Waals surface area (Å²) in [5.74, 6) is -2.02. The average molecular weight is 351 g/mol.